The molecule has 0 spiro atoms. The van der Waals surface area contributed by atoms with E-state index in [9.17, 15) is 26.0 Å². The van der Waals surface area contributed by atoms with Gasteiger partial charge in [0, 0.05) is 5.54 Å². The van der Waals surface area contributed by atoms with Gasteiger partial charge in [-0.05, 0) is 45.4 Å². The van der Waals surface area contributed by atoms with Crippen molar-refractivity contribution in [3.63, 3.8) is 0 Å². The molecule has 1 fully saturated rings. The topological polar surface area (TPSA) is 97.4 Å². The molecule has 1 atom stereocenters. The highest BCUT2D eigenvalue weighted by molar-refractivity contribution is 7.96. The number of sulfone groups is 2. The number of hydrogen-bond acceptors (Lipinski definition) is 5. The van der Waals surface area contributed by atoms with Gasteiger partial charge in [0.2, 0.25) is 0 Å². The Labute approximate surface area is 141 Å². The molecule has 9 heteroatoms. The normalized spacial score (nSPS) is 20.8. The van der Waals surface area contributed by atoms with Crippen LogP contribution in [0.2, 0.25) is 0 Å². The number of amides is 1. The Morgan fingerprint density at radius 1 is 1.29 bits per heavy atom. The number of rotatable bonds is 3. The van der Waals surface area contributed by atoms with E-state index in [1.54, 1.807) is 20.8 Å². The Bertz CT molecular complexity index is 870. The molecule has 134 valence electrons. The average Bonchev–Trinajstić information content (AvgIpc) is 2.78. The molecule has 1 amide bonds. The second-order valence-electron chi connectivity index (χ2n) is 6.92. The van der Waals surface area contributed by atoms with E-state index >= 15 is 0 Å². The highest BCUT2D eigenvalue weighted by Gasteiger charge is 2.38. The van der Waals surface area contributed by atoms with Crippen LogP contribution in [0.5, 0.6) is 0 Å². The SMILES string of the molecule is CC(C)(C)NC(=O)c1cc(S(=O)(=O)[C@H]2CCS(=O)(=O)C2)ccc1F. The van der Waals surface area contributed by atoms with Crippen molar-refractivity contribution < 1.29 is 26.0 Å². The lowest BCUT2D eigenvalue weighted by atomic mass is 10.1. The van der Waals surface area contributed by atoms with Crippen LogP contribution >= 0.6 is 0 Å². The number of carbonyl (C=O) groups excluding carboxylic acids is 1. The van der Waals surface area contributed by atoms with Crippen LogP contribution < -0.4 is 5.32 Å². The molecular formula is C15H20FNO5S2. The molecule has 1 N–H and O–H groups in total. The van der Waals surface area contributed by atoms with Gasteiger partial charge >= 0.3 is 0 Å². The summed E-state index contributed by atoms with van der Waals surface area (Å²) in [6, 6.07) is 2.94. The van der Waals surface area contributed by atoms with Gasteiger partial charge in [-0.3, -0.25) is 4.79 Å². The fourth-order valence-corrected chi connectivity index (χ4v) is 6.85. The first-order valence-electron chi connectivity index (χ1n) is 7.38. The van der Waals surface area contributed by atoms with E-state index in [0.717, 1.165) is 18.2 Å². The molecule has 1 saturated heterocycles. The molecule has 0 aromatic heterocycles. The molecule has 0 bridgehead atoms. The fraction of sp³-hybridized carbons (Fsp3) is 0.533. The Kier molecular flexibility index (Phi) is 4.80. The third-order valence-corrected chi connectivity index (χ3v) is 7.80. The largest absolute Gasteiger partial charge is 0.347 e. The van der Waals surface area contributed by atoms with E-state index in [-0.39, 0.29) is 22.6 Å². The number of carbonyl (C=O) groups is 1. The van der Waals surface area contributed by atoms with E-state index in [1.165, 1.54) is 0 Å². The number of nitrogens with one attached hydrogen (secondary N) is 1. The van der Waals surface area contributed by atoms with Crippen molar-refractivity contribution in [2.24, 2.45) is 0 Å². The Balaban J connectivity index is 2.39. The second kappa shape index (κ2) is 6.11. The molecule has 6 nitrogen and oxygen atoms in total. The quantitative estimate of drug-likeness (QED) is 0.801. The summed E-state index contributed by atoms with van der Waals surface area (Å²) in [5.41, 5.74) is -0.996. The summed E-state index contributed by atoms with van der Waals surface area (Å²) >= 11 is 0. The Morgan fingerprint density at radius 3 is 2.42 bits per heavy atom. The minimum atomic E-state index is -3.95. The van der Waals surface area contributed by atoms with Gasteiger partial charge in [-0.2, -0.15) is 0 Å². The smallest absolute Gasteiger partial charge is 0.254 e. The van der Waals surface area contributed by atoms with Gasteiger partial charge in [-0.1, -0.05) is 0 Å². The van der Waals surface area contributed by atoms with Gasteiger partial charge in [-0.15, -0.1) is 0 Å². The lowest BCUT2D eigenvalue weighted by Crippen LogP contribution is -2.41. The van der Waals surface area contributed by atoms with E-state index in [0.29, 0.717) is 0 Å². The fourth-order valence-electron chi connectivity index (χ4n) is 2.46. The zero-order chi connectivity index (χ0) is 18.3. The third-order valence-electron chi connectivity index (χ3n) is 3.63. The van der Waals surface area contributed by atoms with Crippen LogP contribution in [0.25, 0.3) is 0 Å². The molecule has 1 aromatic rings. The molecule has 2 rings (SSSR count). The molecule has 0 aliphatic carbocycles. The van der Waals surface area contributed by atoms with Crippen molar-refractivity contribution in [1.82, 2.24) is 5.32 Å². The number of benzene rings is 1. The van der Waals surface area contributed by atoms with Crippen LogP contribution in [-0.4, -0.2) is 45.0 Å². The lowest BCUT2D eigenvalue weighted by molar-refractivity contribution is 0.0915. The van der Waals surface area contributed by atoms with Gasteiger partial charge in [0.25, 0.3) is 5.91 Å². The van der Waals surface area contributed by atoms with Gasteiger partial charge in [-0.25, -0.2) is 21.2 Å². The molecule has 1 heterocycles. The van der Waals surface area contributed by atoms with Crippen LogP contribution in [-0.2, 0) is 19.7 Å². The van der Waals surface area contributed by atoms with Crippen LogP contribution in [0.3, 0.4) is 0 Å². The van der Waals surface area contributed by atoms with Crippen molar-refractivity contribution in [2.75, 3.05) is 11.5 Å². The van der Waals surface area contributed by atoms with Gasteiger partial charge < -0.3 is 5.32 Å². The molecule has 1 aliphatic rings. The minimum Gasteiger partial charge on any atom is -0.347 e. The van der Waals surface area contributed by atoms with E-state index < -0.39 is 47.9 Å². The lowest BCUT2D eigenvalue weighted by Gasteiger charge is -2.21. The maximum atomic E-state index is 13.9. The summed E-state index contributed by atoms with van der Waals surface area (Å²) in [4.78, 5) is 11.9. The van der Waals surface area contributed by atoms with Crippen LogP contribution in [0.1, 0.15) is 37.6 Å². The van der Waals surface area contributed by atoms with Gasteiger partial charge in [0.05, 0.1) is 27.2 Å². The van der Waals surface area contributed by atoms with Crippen LogP contribution in [0.4, 0.5) is 4.39 Å². The van der Waals surface area contributed by atoms with Crippen molar-refractivity contribution in [2.45, 2.75) is 42.9 Å². The minimum absolute atomic E-state index is 0.00552. The molecular weight excluding hydrogens is 357 g/mol. The van der Waals surface area contributed by atoms with E-state index in [2.05, 4.69) is 5.32 Å². The monoisotopic (exact) mass is 377 g/mol. The number of halogens is 1. The third kappa shape index (κ3) is 4.13. The summed E-state index contributed by atoms with van der Waals surface area (Å²) in [6.07, 6.45) is 0.00552. The summed E-state index contributed by atoms with van der Waals surface area (Å²) in [5.74, 6) is -2.20. The summed E-state index contributed by atoms with van der Waals surface area (Å²) in [7, 11) is -7.33. The van der Waals surface area contributed by atoms with E-state index in [1.807, 2.05) is 0 Å². The first-order chi connectivity index (χ1) is 10.8. The first kappa shape index (κ1) is 18.9. The highest BCUT2D eigenvalue weighted by Crippen LogP contribution is 2.26. The highest BCUT2D eigenvalue weighted by atomic mass is 32.2. The molecule has 0 unspecified atom stereocenters. The predicted octanol–water partition coefficient (Wildman–Crippen LogP) is 1.31. The summed E-state index contributed by atoms with van der Waals surface area (Å²) < 4.78 is 62.1. The second-order valence-corrected chi connectivity index (χ2v) is 11.4. The van der Waals surface area contributed by atoms with Crippen molar-refractivity contribution >= 4 is 25.6 Å². The Morgan fingerprint density at radius 2 is 1.92 bits per heavy atom. The van der Waals surface area contributed by atoms with Crippen LogP contribution in [0.15, 0.2) is 23.1 Å². The molecule has 0 radical (unpaired) electrons. The zero-order valence-electron chi connectivity index (χ0n) is 13.7. The summed E-state index contributed by atoms with van der Waals surface area (Å²) in [6.45, 7) is 5.15. The maximum absolute atomic E-state index is 13.9. The zero-order valence-corrected chi connectivity index (χ0v) is 15.3. The van der Waals surface area contributed by atoms with Crippen molar-refractivity contribution in [3.05, 3.63) is 29.6 Å². The summed E-state index contributed by atoms with van der Waals surface area (Å²) in [5, 5.41) is 1.50. The van der Waals surface area contributed by atoms with Gasteiger partial charge in [0.15, 0.2) is 19.7 Å². The number of hydrogen-bond donors (Lipinski definition) is 1. The maximum Gasteiger partial charge on any atom is 0.254 e. The first-order valence-corrected chi connectivity index (χ1v) is 10.7. The Hall–Kier alpha value is -1.48. The average molecular weight is 377 g/mol. The van der Waals surface area contributed by atoms with Crippen molar-refractivity contribution in [3.8, 4) is 0 Å². The molecule has 1 aliphatic heterocycles. The predicted molar refractivity (Wildman–Crippen MR) is 87.9 cm³/mol. The van der Waals surface area contributed by atoms with Crippen molar-refractivity contribution in [1.29, 1.82) is 0 Å². The molecule has 24 heavy (non-hydrogen) atoms. The van der Waals surface area contributed by atoms with E-state index in [4.69, 9.17) is 0 Å². The standard InChI is InChI=1S/C15H20FNO5S2/c1-15(2,3)17-14(18)12-8-10(4-5-13(12)16)24(21,22)11-6-7-23(19,20)9-11/h4-5,8,11H,6-7,9H2,1-3H3,(H,17,18)/t11-/m0/s1. The van der Waals surface area contributed by atoms with Gasteiger partial charge in [0.1, 0.15) is 5.82 Å². The van der Waals surface area contributed by atoms with Crippen LogP contribution in [0, 0.1) is 5.82 Å². The molecule has 1 aromatic carbocycles. The molecule has 0 saturated carbocycles.